The fraction of sp³-hybridized carbons (Fsp3) is 0.533. The third-order valence-electron chi connectivity index (χ3n) is 3.91. The highest BCUT2D eigenvalue weighted by molar-refractivity contribution is 6.33. The van der Waals surface area contributed by atoms with Crippen LogP contribution in [0, 0.1) is 5.92 Å². The molecule has 7 heteroatoms. The first-order valence-corrected chi connectivity index (χ1v) is 7.63. The number of anilines is 1. The lowest BCUT2D eigenvalue weighted by Crippen LogP contribution is -2.29. The zero-order valence-electron chi connectivity index (χ0n) is 12.7. The number of aromatic nitrogens is 1. The molecule has 0 aliphatic heterocycles. The monoisotopic (exact) mass is 325 g/mol. The van der Waals surface area contributed by atoms with Crippen molar-refractivity contribution >= 4 is 29.3 Å². The molecule has 0 saturated heterocycles. The predicted molar refractivity (Wildman–Crippen MR) is 84.3 cm³/mol. The van der Waals surface area contributed by atoms with Crippen LogP contribution in [0.3, 0.4) is 0 Å². The van der Waals surface area contributed by atoms with E-state index >= 15 is 0 Å². The Labute approximate surface area is 134 Å². The first-order valence-electron chi connectivity index (χ1n) is 7.25. The van der Waals surface area contributed by atoms with Gasteiger partial charge in [0.15, 0.2) is 0 Å². The first kappa shape index (κ1) is 16.5. The topological polar surface area (TPSA) is 82.5 Å². The van der Waals surface area contributed by atoms with Gasteiger partial charge in [-0.05, 0) is 31.7 Å². The molecule has 2 rings (SSSR count). The first-order chi connectivity index (χ1) is 10.4. The van der Waals surface area contributed by atoms with Crippen molar-refractivity contribution in [1.82, 2.24) is 9.88 Å². The van der Waals surface area contributed by atoms with Crippen molar-refractivity contribution in [2.75, 3.05) is 19.4 Å². The number of amides is 1. The van der Waals surface area contributed by atoms with E-state index in [0.717, 1.165) is 12.8 Å². The third-order valence-corrected chi connectivity index (χ3v) is 4.20. The second kappa shape index (κ2) is 6.96. The Hall–Kier alpha value is -1.82. The van der Waals surface area contributed by atoms with Crippen molar-refractivity contribution in [1.29, 1.82) is 0 Å². The summed E-state index contributed by atoms with van der Waals surface area (Å²) in [5, 5.41) is 12.6. The summed E-state index contributed by atoms with van der Waals surface area (Å²) in [6.07, 6.45) is 4.35. The van der Waals surface area contributed by atoms with E-state index in [9.17, 15) is 9.59 Å². The summed E-state index contributed by atoms with van der Waals surface area (Å²) in [6, 6.07) is 1.76. The van der Waals surface area contributed by atoms with Gasteiger partial charge in [-0.2, -0.15) is 0 Å². The molecule has 2 N–H and O–H groups in total. The summed E-state index contributed by atoms with van der Waals surface area (Å²) in [4.78, 5) is 28.5. The number of hydrogen-bond acceptors (Lipinski definition) is 4. The van der Waals surface area contributed by atoms with E-state index in [1.54, 1.807) is 20.2 Å². The van der Waals surface area contributed by atoms with Gasteiger partial charge < -0.3 is 15.3 Å². The predicted octanol–water partition coefficient (Wildman–Crippen LogP) is 2.49. The second-order valence-corrected chi connectivity index (χ2v) is 6.19. The van der Waals surface area contributed by atoms with Gasteiger partial charge in [0.1, 0.15) is 5.82 Å². The van der Waals surface area contributed by atoms with E-state index < -0.39 is 5.97 Å². The molecule has 1 amide bonds. The zero-order valence-corrected chi connectivity index (χ0v) is 13.4. The number of carboxylic acids is 1. The van der Waals surface area contributed by atoms with Gasteiger partial charge in [-0.15, -0.1) is 0 Å². The number of hydrogen-bond donors (Lipinski definition) is 2. The third kappa shape index (κ3) is 3.88. The number of aliphatic carboxylic acids is 1. The zero-order chi connectivity index (χ0) is 16.3. The van der Waals surface area contributed by atoms with E-state index in [2.05, 4.69) is 10.3 Å². The van der Waals surface area contributed by atoms with Gasteiger partial charge in [-0.3, -0.25) is 9.59 Å². The molecule has 0 bridgehead atoms. The molecule has 1 saturated carbocycles. The van der Waals surface area contributed by atoms with Crippen LogP contribution in [0.1, 0.15) is 36.0 Å². The van der Waals surface area contributed by atoms with Gasteiger partial charge in [-0.25, -0.2) is 4.98 Å². The number of nitrogens with one attached hydrogen (secondary N) is 1. The molecule has 0 radical (unpaired) electrons. The maximum atomic E-state index is 11.8. The molecule has 22 heavy (non-hydrogen) atoms. The van der Waals surface area contributed by atoms with E-state index in [0.29, 0.717) is 29.2 Å². The highest BCUT2D eigenvalue weighted by atomic mass is 35.5. The molecular weight excluding hydrogens is 306 g/mol. The number of halogens is 1. The van der Waals surface area contributed by atoms with Crippen LogP contribution in [-0.4, -0.2) is 47.0 Å². The lowest BCUT2D eigenvalue weighted by molar-refractivity contribution is -0.142. The fourth-order valence-electron chi connectivity index (χ4n) is 2.60. The molecule has 0 unspecified atom stereocenters. The standard InChI is InChI=1S/C15H20ClN3O3/c1-19(2)14(20)10-7-12(16)13(17-8-10)18-11-5-3-9(4-6-11)15(21)22/h7-9,11H,3-6H2,1-2H3,(H,17,18)(H,21,22). The summed E-state index contributed by atoms with van der Waals surface area (Å²) in [6.45, 7) is 0. The number of carboxylic acid groups (broad SMARTS) is 1. The quantitative estimate of drug-likeness (QED) is 0.888. The van der Waals surface area contributed by atoms with Gasteiger partial charge in [0.05, 0.1) is 16.5 Å². The Kier molecular flexibility index (Phi) is 5.24. The number of rotatable bonds is 4. The SMILES string of the molecule is CN(C)C(=O)c1cnc(NC2CCC(C(=O)O)CC2)c(Cl)c1. The fourth-order valence-corrected chi connectivity index (χ4v) is 2.82. The second-order valence-electron chi connectivity index (χ2n) is 5.79. The highest BCUT2D eigenvalue weighted by Crippen LogP contribution is 2.28. The van der Waals surface area contributed by atoms with Crippen LogP contribution < -0.4 is 5.32 Å². The molecule has 0 spiro atoms. The lowest BCUT2D eigenvalue weighted by Gasteiger charge is -2.27. The van der Waals surface area contributed by atoms with Gasteiger partial charge in [0.25, 0.3) is 5.91 Å². The Bertz CT molecular complexity index is 569. The van der Waals surface area contributed by atoms with E-state index in [1.807, 2.05) is 0 Å². The van der Waals surface area contributed by atoms with Gasteiger partial charge in [0.2, 0.25) is 0 Å². The van der Waals surface area contributed by atoms with E-state index in [1.165, 1.54) is 11.1 Å². The number of carbonyl (C=O) groups is 2. The lowest BCUT2D eigenvalue weighted by atomic mass is 9.86. The van der Waals surface area contributed by atoms with Crippen LogP contribution in [0.25, 0.3) is 0 Å². The highest BCUT2D eigenvalue weighted by Gasteiger charge is 2.26. The minimum absolute atomic E-state index is 0.150. The number of nitrogens with zero attached hydrogens (tertiary/aromatic N) is 2. The van der Waals surface area contributed by atoms with Crippen molar-refractivity contribution < 1.29 is 14.7 Å². The molecule has 1 aromatic heterocycles. The number of carbonyl (C=O) groups excluding carboxylic acids is 1. The van der Waals surface area contributed by atoms with Crippen molar-refractivity contribution in [3.63, 3.8) is 0 Å². The van der Waals surface area contributed by atoms with Gasteiger partial charge >= 0.3 is 5.97 Å². The molecule has 1 aliphatic rings. The maximum Gasteiger partial charge on any atom is 0.306 e. The summed E-state index contributed by atoms with van der Waals surface area (Å²) in [5.41, 5.74) is 0.440. The van der Waals surface area contributed by atoms with Crippen molar-refractivity contribution in [3.8, 4) is 0 Å². The molecule has 120 valence electrons. The average molecular weight is 326 g/mol. The van der Waals surface area contributed by atoms with Gasteiger partial charge in [-0.1, -0.05) is 11.6 Å². The Morgan fingerprint density at radius 3 is 2.45 bits per heavy atom. The van der Waals surface area contributed by atoms with Crippen LogP contribution in [-0.2, 0) is 4.79 Å². The van der Waals surface area contributed by atoms with E-state index in [4.69, 9.17) is 16.7 Å². The minimum Gasteiger partial charge on any atom is -0.481 e. The molecule has 1 aliphatic carbocycles. The normalized spacial score (nSPS) is 21.2. The van der Waals surface area contributed by atoms with Crippen molar-refractivity contribution in [3.05, 3.63) is 22.8 Å². The summed E-state index contributed by atoms with van der Waals surface area (Å²) in [5.74, 6) is -0.582. The van der Waals surface area contributed by atoms with Crippen LogP contribution >= 0.6 is 11.6 Å². The van der Waals surface area contributed by atoms with E-state index in [-0.39, 0.29) is 17.9 Å². The Morgan fingerprint density at radius 2 is 1.95 bits per heavy atom. The average Bonchev–Trinajstić information content (AvgIpc) is 2.49. The minimum atomic E-state index is -0.721. The molecule has 6 nitrogen and oxygen atoms in total. The molecule has 0 aromatic carbocycles. The smallest absolute Gasteiger partial charge is 0.306 e. The number of pyridine rings is 1. The Balaban J connectivity index is 1.99. The largest absolute Gasteiger partial charge is 0.481 e. The van der Waals surface area contributed by atoms with Crippen LogP contribution in [0.4, 0.5) is 5.82 Å². The molecular formula is C15H20ClN3O3. The molecule has 1 aromatic rings. The summed E-state index contributed by atoms with van der Waals surface area (Å²) < 4.78 is 0. The molecule has 0 atom stereocenters. The Morgan fingerprint density at radius 1 is 1.32 bits per heavy atom. The van der Waals surface area contributed by atoms with Crippen LogP contribution in [0.15, 0.2) is 12.3 Å². The van der Waals surface area contributed by atoms with Crippen LogP contribution in [0.2, 0.25) is 5.02 Å². The summed E-state index contributed by atoms with van der Waals surface area (Å²) >= 11 is 6.19. The molecule has 1 fully saturated rings. The van der Waals surface area contributed by atoms with Crippen molar-refractivity contribution in [2.45, 2.75) is 31.7 Å². The maximum absolute atomic E-state index is 11.8. The molecule has 1 heterocycles. The summed E-state index contributed by atoms with van der Waals surface area (Å²) in [7, 11) is 3.34. The van der Waals surface area contributed by atoms with Crippen molar-refractivity contribution in [2.24, 2.45) is 5.92 Å². The van der Waals surface area contributed by atoms with Crippen LogP contribution in [0.5, 0.6) is 0 Å². The van der Waals surface area contributed by atoms with Gasteiger partial charge in [0, 0.05) is 26.3 Å².